The lowest BCUT2D eigenvalue weighted by atomic mass is 9.78. The van der Waals surface area contributed by atoms with Gasteiger partial charge < -0.3 is 4.74 Å². The number of ether oxygens (including phenoxy) is 1. The second kappa shape index (κ2) is 3.85. The summed E-state index contributed by atoms with van der Waals surface area (Å²) in [5.74, 6) is 1.21. The number of fused-ring (bicyclic) bond motifs is 3. The van der Waals surface area contributed by atoms with Gasteiger partial charge in [-0.05, 0) is 24.3 Å². The fraction of sp³-hybridized carbons (Fsp3) is 0.211. The first kappa shape index (κ1) is 11.3. The second-order valence-electron chi connectivity index (χ2n) is 5.98. The highest BCUT2D eigenvalue weighted by atomic mass is 16.5. The maximum atomic E-state index is 13.0. The van der Waals surface area contributed by atoms with Crippen molar-refractivity contribution in [2.45, 2.75) is 18.9 Å². The summed E-state index contributed by atoms with van der Waals surface area (Å²) in [7, 11) is 0. The lowest BCUT2D eigenvalue weighted by molar-refractivity contribution is 0.102. The van der Waals surface area contributed by atoms with Gasteiger partial charge in [-0.25, -0.2) is 0 Å². The van der Waals surface area contributed by atoms with Crippen LogP contribution in [0.1, 0.15) is 28.8 Å². The zero-order valence-corrected chi connectivity index (χ0v) is 11.5. The van der Waals surface area contributed by atoms with Gasteiger partial charge in [0.25, 0.3) is 0 Å². The average Bonchev–Trinajstić information content (AvgIpc) is 2.92. The molecule has 0 saturated heterocycles. The van der Waals surface area contributed by atoms with Crippen LogP contribution in [-0.4, -0.2) is 11.9 Å². The van der Waals surface area contributed by atoms with Crippen LogP contribution in [0, 0.1) is 5.92 Å². The Morgan fingerprint density at radius 3 is 2.71 bits per heavy atom. The molecule has 2 aromatic rings. The molecule has 2 nitrogen and oxygen atoms in total. The van der Waals surface area contributed by atoms with Gasteiger partial charge in [-0.2, -0.15) is 0 Å². The molecule has 0 amide bonds. The van der Waals surface area contributed by atoms with Gasteiger partial charge in [0.05, 0.1) is 0 Å². The van der Waals surface area contributed by atoms with Crippen molar-refractivity contribution in [3.63, 3.8) is 0 Å². The zero-order valence-electron chi connectivity index (χ0n) is 11.5. The van der Waals surface area contributed by atoms with Gasteiger partial charge in [0.1, 0.15) is 11.9 Å². The van der Waals surface area contributed by atoms with Crippen LogP contribution >= 0.6 is 0 Å². The summed E-state index contributed by atoms with van der Waals surface area (Å²) in [6, 6.07) is 12.2. The summed E-state index contributed by atoms with van der Waals surface area (Å²) >= 11 is 0. The van der Waals surface area contributed by atoms with E-state index >= 15 is 0 Å². The van der Waals surface area contributed by atoms with Crippen molar-refractivity contribution < 1.29 is 9.53 Å². The predicted molar refractivity (Wildman–Crippen MR) is 81.9 cm³/mol. The molecule has 1 heterocycles. The van der Waals surface area contributed by atoms with E-state index in [1.54, 1.807) is 0 Å². The highest BCUT2D eigenvalue weighted by molar-refractivity contribution is 6.24. The van der Waals surface area contributed by atoms with Gasteiger partial charge in [-0.1, -0.05) is 42.5 Å². The molecule has 1 aliphatic heterocycles. The molecule has 0 saturated carbocycles. The molecule has 0 aromatic heterocycles. The Morgan fingerprint density at radius 1 is 1.05 bits per heavy atom. The molecule has 21 heavy (non-hydrogen) atoms. The number of carbonyl (C=O) groups is 1. The normalized spacial score (nSPS) is 25.8. The molecule has 0 fully saturated rings. The molecule has 0 unspecified atom stereocenters. The van der Waals surface area contributed by atoms with Crippen molar-refractivity contribution in [3.8, 4) is 0 Å². The Bertz CT molecular complexity index is 852. The number of allylic oxidation sites excluding steroid dienone is 1. The molecule has 2 aliphatic carbocycles. The van der Waals surface area contributed by atoms with Gasteiger partial charge in [0.2, 0.25) is 0 Å². The molecule has 0 spiro atoms. The summed E-state index contributed by atoms with van der Waals surface area (Å²) in [5.41, 5.74) is 2.82. The summed E-state index contributed by atoms with van der Waals surface area (Å²) in [6.45, 7) is 0. The number of hydrogen-bond acceptors (Lipinski definition) is 2. The van der Waals surface area contributed by atoms with Crippen molar-refractivity contribution in [1.29, 1.82) is 0 Å². The van der Waals surface area contributed by atoms with Crippen molar-refractivity contribution >= 4 is 22.3 Å². The molecule has 0 radical (unpaired) electrons. The largest absolute Gasteiger partial charge is 0.485 e. The number of Topliss-reactive ketones (excluding diaryl/α,β-unsaturated/α-hetero) is 1. The standard InChI is InChI=1S/C19H14O2/c20-18-13-8-3-5-11-6-4-9-14(16(11)13)19-17(18)12-7-1-2-10-15(12)21-19/h2-6,8-10,12,15H,1,7H2/t12-,15+/m1/s1. The topological polar surface area (TPSA) is 26.3 Å². The van der Waals surface area contributed by atoms with E-state index in [1.807, 2.05) is 18.2 Å². The molecule has 2 aromatic carbocycles. The Balaban J connectivity index is 1.84. The third-order valence-electron chi connectivity index (χ3n) is 4.87. The number of ketones is 1. The summed E-state index contributed by atoms with van der Waals surface area (Å²) in [6.07, 6.45) is 6.35. The summed E-state index contributed by atoms with van der Waals surface area (Å²) in [5, 5.41) is 2.16. The molecule has 2 heteroatoms. The third kappa shape index (κ3) is 1.35. The molecular formula is C19H14O2. The van der Waals surface area contributed by atoms with Crippen LogP contribution in [0.15, 0.2) is 54.1 Å². The Morgan fingerprint density at radius 2 is 1.86 bits per heavy atom. The number of rotatable bonds is 0. The van der Waals surface area contributed by atoms with Gasteiger partial charge in [0.15, 0.2) is 5.78 Å². The van der Waals surface area contributed by atoms with E-state index in [9.17, 15) is 4.79 Å². The molecule has 3 aliphatic rings. The van der Waals surface area contributed by atoms with Crippen LogP contribution in [-0.2, 0) is 4.74 Å². The van der Waals surface area contributed by atoms with Crippen molar-refractivity contribution in [2.75, 3.05) is 0 Å². The minimum Gasteiger partial charge on any atom is -0.485 e. The second-order valence-corrected chi connectivity index (χ2v) is 5.98. The van der Waals surface area contributed by atoms with Crippen LogP contribution in [0.4, 0.5) is 0 Å². The first-order valence-electron chi connectivity index (χ1n) is 7.49. The first-order valence-corrected chi connectivity index (χ1v) is 7.49. The third-order valence-corrected chi connectivity index (χ3v) is 4.87. The number of hydrogen-bond donors (Lipinski definition) is 0. The SMILES string of the molecule is O=C1C2=C(O[C@H]3C=CCC[C@@H]23)c2cccc3cccc1c23. The maximum Gasteiger partial charge on any atom is 0.193 e. The predicted octanol–water partition coefficient (Wildman–Crippen LogP) is 4.11. The van der Waals surface area contributed by atoms with E-state index in [-0.39, 0.29) is 17.8 Å². The molecule has 0 N–H and O–H groups in total. The van der Waals surface area contributed by atoms with Crippen LogP contribution in [0.2, 0.25) is 0 Å². The fourth-order valence-electron chi connectivity index (χ4n) is 3.95. The van der Waals surface area contributed by atoms with Crippen LogP contribution in [0.25, 0.3) is 16.5 Å². The number of benzene rings is 2. The maximum absolute atomic E-state index is 13.0. The van der Waals surface area contributed by atoms with Crippen molar-refractivity contribution in [3.05, 3.63) is 65.3 Å². The monoisotopic (exact) mass is 274 g/mol. The van der Waals surface area contributed by atoms with Crippen molar-refractivity contribution in [2.24, 2.45) is 5.92 Å². The fourth-order valence-corrected chi connectivity index (χ4v) is 3.95. The minimum atomic E-state index is 0.0391. The van der Waals surface area contributed by atoms with E-state index in [0.29, 0.717) is 0 Å². The Hall–Kier alpha value is -2.35. The molecule has 2 atom stereocenters. The van der Waals surface area contributed by atoms with Gasteiger partial charge in [-0.15, -0.1) is 0 Å². The van der Waals surface area contributed by atoms with Crippen LogP contribution in [0.5, 0.6) is 0 Å². The van der Waals surface area contributed by atoms with Gasteiger partial charge >= 0.3 is 0 Å². The number of carbonyl (C=O) groups excluding carboxylic acids is 1. The highest BCUT2D eigenvalue weighted by Crippen LogP contribution is 2.48. The van der Waals surface area contributed by atoms with E-state index in [4.69, 9.17) is 4.74 Å². The summed E-state index contributed by atoms with van der Waals surface area (Å²) < 4.78 is 6.16. The van der Waals surface area contributed by atoms with E-state index in [0.717, 1.165) is 46.1 Å². The van der Waals surface area contributed by atoms with Gasteiger partial charge in [-0.3, -0.25) is 4.79 Å². The van der Waals surface area contributed by atoms with Gasteiger partial charge in [0, 0.05) is 28.0 Å². The van der Waals surface area contributed by atoms with E-state index < -0.39 is 0 Å². The highest BCUT2D eigenvalue weighted by Gasteiger charge is 2.43. The molecule has 0 bridgehead atoms. The van der Waals surface area contributed by atoms with E-state index in [1.165, 1.54) is 0 Å². The zero-order chi connectivity index (χ0) is 14.0. The quantitative estimate of drug-likeness (QED) is 0.676. The Kier molecular flexibility index (Phi) is 2.08. The summed E-state index contributed by atoms with van der Waals surface area (Å²) in [4.78, 5) is 13.0. The lowest BCUT2D eigenvalue weighted by Gasteiger charge is -2.21. The molecule has 102 valence electrons. The molecule has 5 rings (SSSR count). The average molecular weight is 274 g/mol. The van der Waals surface area contributed by atoms with E-state index in [2.05, 4.69) is 30.4 Å². The smallest absolute Gasteiger partial charge is 0.193 e. The van der Waals surface area contributed by atoms with Crippen LogP contribution in [0.3, 0.4) is 0 Å². The Labute approximate surface area is 122 Å². The minimum absolute atomic E-state index is 0.0391. The van der Waals surface area contributed by atoms with Crippen LogP contribution < -0.4 is 0 Å². The lowest BCUT2D eigenvalue weighted by Crippen LogP contribution is -2.22. The first-order chi connectivity index (χ1) is 10.3. The molecular weight excluding hydrogens is 260 g/mol. The van der Waals surface area contributed by atoms with Crippen molar-refractivity contribution in [1.82, 2.24) is 0 Å².